The van der Waals surface area contributed by atoms with Crippen LogP contribution in [0.15, 0.2) is 54.1 Å². The van der Waals surface area contributed by atoms with Crippen LogP contribution in [0.5, 0.6) is 0 Å². The van der Waals surface area contributed by atoms with E-state index in [0.717, 1.165) is 31.3 Å². The van der Waals surface area contributed by atoms with Crippen LogP contribution >= 0.6 is 0 Å². The third-order valence-electron chi connectivity index (χ3n) is 6.41. The van der Waals surface area contributed by atoms with E-state index in [4.69, 9.17) is 0 Å². The number of amides is 2. The summed E-state index contributed by atoms with van der Waals surface area (Å²) >= 11 is 0. The van der Waals surface area contributed by atoms with Crippen LogP contribution in [-0.2, 0) is 16.0 Å². The topological polar surface area (TPSA) is 49.4 Å². The maximum absolute atomic E-state index is 13.3. The molecule has 0 aromatic heterocycles. The van der Waals surface area contributed by atoms with Crippen LogP contribution in [0.2, 0.25) is 0 Å². The Kier molecular flexibility index (Phi) is 7.29. The number of aryl methyl sites for hydroxylation is 1. The molecule has 0 spiro atoms. The zero-order chi connectivity index (χ0) is 20.7. The van der Waals surface area contributed by atoms with Crippen LogP contribution < -0.4 is 5.32 Å². The summed E-state index contributed by atoms with van der Waals surface area (Å²) in [5.41, 5.74) is 1.83. The fraction of sp³-hybridized carbons (Fsp3) is 0.520. The van der Waals surface area contributed by atoms with Crippen LogP contribution in [0.3, 0.4) is 0 Å². The van der Waals surface area contributed by atoms with E-state index in [9.17, 15) is 9.59 Å². The van der Waals surface area contributed by atoms with Crippen molar-refractivity contribution in [3.8, 4) is 0 Å². The lowest BCUT2D eigenvalue weighted by Gasteiger charge is -2.42. The highest BCUT2D eigenvalue weighted by Gasteiger charge is 2.44. The zero-order valence-corrected chi connectivity index (χ0v) is 17.8. The Bertz CT molecular complexity index is 758. The van der Waals surface area contributed by atoms with Crippen molar-refractivity contribution in [3.05, 3.63) is 59.7 Å². The molecule has 1 fully saturated rings. The summed E-state index contributed by atoms with van der Waals surface area (Å²) in [6.07, 6.45) is 12.2. The fourth-order valence-electron chi connectivity index (χ4n) is 4.27. The molecule has 29 heavy (non-hydrogen) atoms. The Morgan fingerprint density at radius 1 is 1.14 bits per heavy atom. The number of nitrogens with one attached hydrogen (secondary N) is 1. The average Bonchev–Trinajstić information content (AvgIpc) is 2.78. The van der Waals surface area contributed by atoms with Crippen molar-refractivity contribution >= 4 is 11.8 Å². The number of benzene rings is 1. The van der Waals surface area contributed by atoms with Gasteiger partial charge in [0.15, 0.2) is 0 Å². The fourth-order valence-corrected chi connectivity index (χ4v) is 4.27. The molecule has 0 bridgehead atoms. The lowest BCUT2D eigenvalue weighted by molar-refractivity contribution is -0.139. The molecule has 3 rings (SSSR count). The Morgan fingerprint density at radius 3 is 2.48 bits per heavy atom. The monoisotopic (exact) mass is 394 g/mol. The second-order valence-electron chi connectivity index (χ2n) is 8.37. The van der Waals surface area contributed by atoms with Gasteiger partial charge >= 0.3 is 0 Å². The predicted octanol–water partition coefficient (Wildman–Crippen LogP) is 4.42. The molecule has 1 N–H and O–H groups in total. The molecule has 1 aliphatic carbocycles. The van der Waals surface area contributed by atoms with Gasteiger partial charge in [0.2, 0.25) is 11.8 Å². The van der Waals surface area contributed by atoms with Gasteiger partial charge in [-0.15, -0.1) is 0 Å². The Morgan fingerprint density at radius 2 is 1.86 bits per heavy atom. The molecule has 4 nitrogen and oxygen atoms in total. The van der Waals surface area contributed by atoms with Gasteiger partial charge < -0.3 is 10.2 Å². The molecule has 4 heteroatoms. The van der Waals surface area contributed by atoms with Crippen molar-refractivity contribution in [2.45, 2.75) is 64.8 Å². The molecule has 2 aliphatic rings. The van der Waals surface area contributed by atoms with Gasteiger partial charge in [0.1, 0.15) is 0 Å². The molecule has 0 saturated carbocycles. The minimum Gasteiger partial charge on any atom is -0.353 e. The molecular formula is C25H34N2O2. The first kappa shape index (κ1) is 21.4. The molecular weight excluding hydrogens is 360 g/mol. The van der Waals surface area contributed by atoms with E-state index in [1.165, 1.54) is 5.56 Å². The first-order valence-corrected chi connectivity index (χ1v) is 11.0. The van der Waals surface area contributed by atoms with E-state index in [1.54, 1.807) is 0 Å². The quantitative estimate of drug-likeness (QED) is 0.744. The number of allylic oxidation sites excluding steroid dienone is 3. The Labute approximate surface area is 175 Å². The second kappa shape index (κ2) is 9.91. The third kappa shape index (κ3) is 5.17. The van der Waals surface area contributed by atoms with Crippen molar-refractivity contribution in [1.29, 1.82) is 0 Å². The number of carbonyl (C=O) groups excluding carboxylic acids is 2. The van der Waals surface area contributed by atoms with Crippen molar-refractivity contribution in [2.75, 3.05) is 13.1 Å². The highest BCUT2D eigenvalue weighted by Crippen LogP contribution is 2.41. The van der Waals surface area contributed by atoms with Gasteiger partial charge in [-0.1, -0.05) is 55.5 Å². The predicted molar refractivity (Wildman–Crippen MR) is 117 cm³/mol. The number of carbonyl (C=O) groups is 2. The Hall–Kier alpha value is -2.36. The third-order valence-corrected chi connectivity index (χ3v) is 6.41. The molecule has 156 valence electrons. The Balaban J connectivity index is 1.65. The minimum atomic E-state index is -0.503. The lowest BCUT2D eigenvalue weighted by atomic mass is 9.70. The highest BCUT2D eigenvalue weighted by atomic mass is 16.2. The first-order valence-electron chi connectivity index (χ1n) is 11.0. The summed E-state index contributed by atoms with van der Waals surface area (Å²) in [4.78, 5) is 28.0. The van der Waals surface area contributed by atoms with Crippen LogP contribution in [-0.4, -0.2) is 35.8 Å². The van der Waals surface area contributed by atoms with Crippen LogP contribution in [0.25, 0.3) is 0 Å². The first-order chi connectivity index (χ1) is 14.0. The van der Waals surface area contributed by atoms with E-state index < -0.39 is 5.41 Å². The lowest BCUT2D eigenvalue weighted by Crippen LogP contribution is -2.52. The molecule has 1 aliphatic heterocycles. The van der Waals surface area contributed by atoms with Crippen molar-refractivity contribution < 1.29 is 9.59 Å². The summed E-state index contributed by atoms with van der Waals surface area (Å²) in [6.45, 7) is 5.43. The van der Waals surface area contributed by atoms with Gasteiger partial charge in [-0.3, -0.25) is 9.59 Å². The van der Waals surface area contributed by atoms with Gasteiger partial charge in [-0.25, -0.2) is 0 Å². The number of rotatable bonds is 7. The number of hydrogen-bond donors (Lipinski definition) is 1. The van der Waals surface area contributed by atoms with Crippen molar-refractivity contribution in [3.63, 3.8) is 0 Å². The largest absolute Gasteiger partial charge is 0.353 e. The number of hydrogen-bond acceptors (Lipinski definition) is 2. The van der Waals surface area contributed by atoms with Gasteiger partial charge in [-0.05, 0) is 56.6 Å². The summed E-state index contributed by atoms with van der Waals surface area (Å²) in [6, 6.07) is 10.3. The standard InChI is InChI=1S/C25H34N2O2/c1-3-20(2)26-24(29)25(22-12-8-5-9-13-22)16-18-27(19-17-25)23(28)15-14-21-10-6-4-7-11-21/h4,6-8,10-13,20H,3,5,9,14-19H2,1-2H3,(H,26,29). The van der Waals surface area contributed by atoms with E-state index >= 15 is 0 Å². The molecule has 1 heterocycles. The van der Waals surface area contributed by atoms with E-state index in [-0.39, 0.29) is 17.9 Å². The summed E-state index contributed by atoms with van der Waals surface area (Å²) in [5.74, 6) is 0.319. The van der Waals surface area contributed by atoms with Gasteiger partial charge in [-0.2, -0.15) is 0 Å². The summed E-state index contributed by atoms with van der Waals surface area (Å²) in [5, 5.41) is 3.21. The number of nitrogens with zero attached hydrogens (tertiary/aromatic N) is 1. The molecule has 1 saturated heterocycles. The molecule has 0 radical (unpaired) electrons. The molecule has 2 amide bonds. The molecule has 1 atom stereocenters. The molecule has 1 unspecified atom stereocenters. The normalized spacial score (nSPS) is 19.4. The number of likely N-dealkylation sites (tertiary alicyclic amines) is 1. The van der Waals surface area contributed by atoms with Gasteiger partial charge in [0.05, 0.1) is 5.41 Å². The number of piperidine rings is 1. The van der Waals surface area contributed by atoms with E-state index in [1.807, 2.05) is 23.1 Å². The van der Waals surface area contributed by atoms with Crippen molar-refractivity contribution in [2.24, 2.45) is 5.41 Å². The summed E-state index contributed by atoms with van der Waals surface area (Å²) < 4.78 is 0. The minimum absolute atomic E-state index is 0.126. The van der Waals surface area contributed by atoms with Crippen molar-refractivity contribution in [1.82, 2.24) is 10.2 Å². The zero-order valence-electron chi connectivity index (χ0n) is 17.8. The highest BCUT2D eigenvalue weighted by molar-refractivity contribution is 5.87. The van der Waals surface area contributed by atoms with Crippen LogP contribution in [0, 0.1) is 5.41 Å². The second-order valence-corrected chi connectivity index (χ2v) is 8.37. The van der Waals surface area contributed by atoms with Gasteiger partial charge in [0, 0.05) is 25.6 Å². The van der Waals surface area contributed by atoms with E-state index in [0.29, 0.717) is 32.4 Å². The smallest absolute Gasteiger partial charge is 0.230 e. The van der Waals surface area contributed by atoms with Crippen LogP contribution in [0.1, 0.15) is 57.9 Å². The molecule has 1 aromatic carbocycles. The van der Waals surface area contributed by atoms with Gasteiger partial charge in [0.25, 0.3) is 0 Å². The maximum atomic E-state index is 13.3. The van der Waals surface area contributed by atoms with E-state index in [2.05, 4.69) is 49.5 Å². The average molecular weight is 395 g/mol. The van der Waals surface area contributed by atoms with Crippen LogP contribution in [0.4, 0.5) is 0 Å². The SMILES string of the molecule is CCC(C)NC(=O)C1(C2=CCCC=C2)CCN(C(=O)CCc2ccccc2)CC1. The maximum Gasteiger partial charge on any atom is 0.230 e. The molecule has 1 aromatic rings. The summed E-state index contributed by atoms with van der Waals surface area (Å²) in [7, 11) is 0.